The highest BCUT2D eigenvalue weighted by Gasteiger charge is 2.13. The number of hydrogen-bond donors (Lipinski definition) is 2. The van der Waals surface area contributed by atoms with Crippen molar-refractivity contribution in [3.8, 4) is 5.69 Å². The number of pyridine rings is 1. The fraction of sp³-hybridized carbons (Fsp3) is 0.0500. The fourth-order valence-corrected chi connectivity index (χ4v) is 2.96. The van der Waals surface area contributed by atoms with Crippen LogP contribution < -0.4 is 10.9 Å². The molecular weight excluding hydrogens is 364 g/mol. The van der Waals surface area contributed by atoms with Crippen LogP contribution in [0.1, 0.15) is 5.56 Å². The van der Waals surface area contributed by atoms with Crippen LogP contribution in [0.4, 0.5) is 11.6 Å². The summed E-state index contributed by atoms with van der Waals surface area (Å²) in [6, 6.07) is 15.8. The molecule has 2 aromatic carbocycles. The van der Waals surface area contributed by atoms with E-state index in [4.69, 9.17) is 11.6 Å². The third-order valence-electron chi connectivity index (χ3n) is 4.13. The summed E-state index contributed by atoms with van der Waals surface area (Å²) in [7, 11) is 0. The van der Waals surface area contributed by atoms with Gasteiger partial charge in [0.25, 0.3) is 5.56 Å². The molecule has 2 aromatic heterocycles. The van der Waals surface area contributed by atoms with Crippen molar-refractivity contribution in [2.45, 2.75) is 6.61 Å². The molecule has 134 valence electrons. The smallest absolute Gasteiger partial charge is 0.267 e. The van der Waals surface area contributed by atoms with E-state index in [2.05, 4.69) is 15.3 Å². The lowest BCUT2D eigenvalue weighted by atomic mass is 10.2. The first-order valence-corrected chi connectivity index (χ1v) is 8.63. The van der Waals surface area contributed by atoms with Crippen LogP contribution in [-0.2, 0) is 6.61 Å². The van der Waals surface area contributed by atoms with Gasteiger partial charge in [0, 0.05) is 16.9 Å². The van der Waals surface area contributed by atoms with Crippen molar-refractivity contribution >= 4 is 34.1 Å². The molecular formula is C20H15ClN4O2. The molecule has 0 amide bonds. The Labute approximate surface area is 159 Å². The van der Waals surface area contributed by atoms with Crippen LogP contribution in [0.2, 0.25) is 5.02 Å². The summed E-state index contributed by atoms with van der Waals surface area (Å²) < 4.78 is 1.46. The lowest BCUT2D eigenvalue weighted by molar-refractivity contribution is 0.282. The van der Waals surface area contributed by atoms with Crippen molar-refractivity contribution < 1.29 is 5.11 Å². The average Bonchev–Trinajstić information content (AvgIpc) is 2.70. The van der Waals surface area contributed by atoms with E-state index in [0.29, 0.717) is 27.6 Å². The lowest BCUT2D eigenvalue weighted by Gasteiger charge is -2.15. The number of aromatic nitrogens is 3. The van der Waals surface area contributed by atoms with Gasteiger partial charge in [-0.1, -0.05) is 23.7 Å². The standard InChI is InChI=1S/C20H15ClN4O2/c21-14-5-8-18-17(10-14)19(27)25(16-2-1-9-22-11-16)20(24-18)23-15-6-3-13(12-26)4-7-15/h1-11,26H,12H2,(H,23,24). The molecule has 4 rings (SSSR count). The average molecular weight is 379 g/mol. The second-order valence-corrected chi connectivity index (χ2v) is 6.37. The SMILES string of the molecule is O=c1c2cc(Cl)ccc2nc(Nc2ccc(CO)cc2)n1-c1cccnc1. The fourth-order valence-electron chi connectivity index (χ4n) is 2.79. The van der Waals surface area contributed by atoms with Gasteiger partial charge in [-0.15, -0.1) is 0 Å². The van der Waals surface area contributed by atoms with Gasteiger partial charge in [-0.05, 0) is 48.0 Å². The van der Waals surface area contributed by atoms with E-state index in [0.717, 1.165) is 11.3 Å². The Hall–Kier alpha value is -3.22. The zero-order valence-corrected chi connectivity index (χ0v) is 14.9. The molecule has 0 aliphatic carbocycles. The van der Waals surface area contributed by atoms with Crippen LogP contribution in [0, 0.1) is 0 Å². The van der Waals surface area contributed by atoms with Gasteiger partial charge in [-0.3, -0.25) is 9.78 Å². The Morgan fingerprint density at radius 3 is 2.63 bits per heavy atom. The summed E-state index contributed by atoms with van der Waals surface area (Å²) in [5, 5.41) is 13.3. The molecule has 0 bridgehead atoms. The molecule has 2 heterocycles. The van der Waals surface area contributed by atoms with E-state index in [1.165, 1.54) is 4.57 Å². The summed E-state index contributed by atoms with van der Waals surface area (Å²) in [4.78, 5) is 21.9. The first-order valence-electron chi connectivity index (χ1n) is 8.25. The van der Waals surface area contributed by atoms with Crippen molar-refractivity contribution in [2.75, 3.05) is 5.32 Å². The predicted molar refractivity (Wildman–Crippen MR) is 106 cm³/mol. The minimum absolute atomic E-state index is 0.0321. The van der Waals surface area contributed by atoms with Crippen molar-refractivity contribution in [2.24, 2.45) is 0 Å². The monoisotopic (exact) mass is 378 g/mol. The number of halogens is 1. The molecule has 0 fully saturated rings. The van der Waals surface area contributed by atoms with E-state index >= 15 is 0 Å². The molecule has 6 nitrogen and oxygen atoms in total. The normalized spacial score (nSPS) is 10.9. The highest BCUT2D eigenvalue weighted by molar-refractivity contribution is 6.31. The van der Waals surface area contributed by atoms with Crippen LogP contribution in [0.25, 0.3) is 16.6 Å². The number of fused-ring (bicyclic) bond motifs is 1. The van der Waals surface area contributed by atoms with Gasteiger partial charge >= 0.3 is 0 Å². The van der Waals surface area contributed by atoms with Crippen molar-refractivity contribution in [3.05, 3.63) is 87.9 Å². The van der Waals surface area contributed by atoms with Gasteiger partial charge in [-0.25, -0.2) is 9.55 Å². The number of hydrogen-bond acceptors (Lipinski definition) is 5. The number of aliphatic hydroxyl groups excluding tert-OH is 1. The lowest BCUT2D eigenvalue weighted by Crippen LogP contribution is -2.23. The molecule has 0 spiro atoms. The zero-order valence-electron chi connectivity index (χ0n) is 14.1. The maximum Gasteiger partial charge on any atom is 0.267 e. The van der Waals surface area contributed by atoms with Crippen molar-refractivity contribution in [1.82, 2.24) is 14.5 Å². The molecule has 0 unspecified atom stereocenters. The molecule has 0 saturated carbocycles. The first-order chi connectivity index (χ1) is 13.2. The van der Waals surface area contributed by atoms with Gasteiger partial charge in [-0.2, -0.15) is 0 Å². The summed E-state index contributed by atoms with van der Waals surface area (Å²) in [5.41, 5.74) is 2.42. The van der Waals surface area contributed by atoms with Crippen LogP contribution in [0.15, 0.2) is 71.8 Å². The summed E-state index contributed by atoms with van der Waals surface area (Å²) in [6.45, 7) is -0.0321. The predicted octanol–water partition coefficient (Wildman–Crippen LogP) is 3.67. The Balaban J connectivity index is 1.91. The van der Waals surface area contributed by atoms with E-state index in [1.807, 2.05) is 12.1 Å². The molecule has 27 heavy (non-hydrogen) atoms. The number of rotatable bonds is 4. The van der Waals surface area contributed by atoms with Crippen molar-refractivity contribution in [1.29, 1.82) is 0 Å². The molecule has 7 heteroatoms. The first kappa shape index (κ1) is 17.2. The molecule has 0 radical (unpaired) electrons. The zero-order chi connectivity index (χ0) is 18.8. The maximum atomic E-state index is 13.2. The number of aliphatic hydroxyl groups is 1. The maximum absolute atomic E-state index is 13.2. The Morgan fingerprint density at radius 1 is 1.11 bits per heavy atom. The minimum atomic E-state index is -0.245. The second-order valence-electron chi connectivity index (χ2n) is 5.93. The topological polar surface area (TPSA) is 80.0 Å². The third kappa shape index (κ3) is 3.40. The third-order valence-corrected chi connectivity index (χ3v) is 4.36. The van der Waals surface area contributed by atoms with Gasteiger partial charge < -0.3 is 10.4 Å². The van der Waals surface area contributed by atoms with Crippen LogP contribution in [0.3, 0.4) is 0 Å². The summed E-state index contributed by atoms with van der Waals surface area (Å²) >= 11 is 6.06. The van der Waals surface area contributed by atoms with Gasteiger partial charge in [0.15, 0.2) is 0 Å². The number of nitrogens with zero attached hydrogens (tertiary/aromatic N) is 3. The van der Waals surface area contributed by atoms with Crippen molar-refractivity contribution in [3.63, 3.8) is 0 Å². The number of anilines is 2. The number of nitrogens with one attached hydrogen (secondary N) is 1. The van der Waals surface area contributed by atoms with Crippen LogP contribution in [0.5, 0.6) is 0 Å². The van der Waals surface area contributed by atoms with Crippen LogP contribution >= 0.6 is 11.6 Å². The molecule has 0 saturated heterocycles. The number of benzene rings is 2. The van der Waals surface area contributed by atoms with E-state index in [-0.39, 0.29) is 12.2 Å². The summed E-state index contributed by atoms with van der Waals surface area (Å²) in [6.07, 6.45) is 3.24. The van der Waals surface area contributed by atoms with Gasteiger partial charge in [0.05, 0.1) is 29.4 Å². The highest BCUT2D eigenvalue weighted by Crippen LogP contribution is 2.22. The molecule has 0 atom stereocenters. The Morgan fingerprint density at radius 2 is 1.93 bits per heavy atom. The second kappa shape index (κ2) is 7.19. The minimum Gasteiger partial charge on any atom is -0.392 e. The Kier molecular flexibility index (Phi) is 4.58. The van der Waals surface area contributed by atoms with E-state index < -0.39 is 0 Å². The Bertz CT molecular complexity index is 1160. The molecule has 0 aliphatic heterocycles. The molecule has 0 aliphatic rings. The van der Waals surface area contributed by atoms with Gasteiger partial charge in [0.1, 0.15) is 0 Å². The van der Waals surface area contributed by atoms with Gasteiger partial charge in [0.2, 0.25) is 5.95 Å². The highest BCUT2D eigenvalue weighted by atomic mass is 35.5. The molecule has 2 N–H and O–H groups in total. The summed E-state index contributed by atoms with van der Waals surface area (Å²) in [5.74, 6) is 0.361. The van der Waals surface area contributed by atoms with Crippen LogP contribution in [-0.4, -0.2) is 19.6 Å². The largest absolute Gasteiger partial charge is 0.392 e. The van der Waals surface area contributed by atoms with E-state index in [9.17, 15) is 9.90 Å². The quantitative estimate of drug-likeness (QED) is 0.566. The van der Waals surface area contributed by atoms with E-state index in [1.54, 1.807) is 54.9 Å². The molecule has 4 aromatic rings.